The molecule has 0 saturated heterocycles. The Balaban J connectivity index is 2.05. The van der Waals surface area contributed by atoms with Gasteiger partial charge in [0.05, 0.1) is 11.4 Å². The van der Waals surface area contributed by atoms with Crippen LogP contribution in [0.3, 0.4) is 0 Å². The van der Waals surface area contributed by atoms with Crippen LogP contribution in [0.4, 0.5) is 11.4 Å². The number of rotatable bonds is 3. The molecule has 0 fully saturated rings. The van der Waals surface area contributed by atoms with Crippen LogP contribution >= 0.6 is 11.6 Å². The number of aromatic hydroxyl groups is 2. The van der Waals surface area contributed by atoms with E-state index in [-0.39, 0.29) is 22.5 Å². The summed E-state index contributed by atoms with van der Waals surface area (Å²) in [6, 6.07) is 17.9. The first kappa shape index (κ1) is 14.2. The lowest BCUT2D eigenvalue weighted by molar-refractivity contribution is 0.403. The number of halogens is 1. The fourth-order valence-corrected chi connectivity index (χ4v) is 2.23. The Kier molecular flexibility index (Phi) is 3.80. The Morgan fingerprint density at radius 3 is 2.00 bits per heavy atom. The number of aromatic nitrogens is 1. The van der Waals surface area contributed by atoms with Crippen molar-refractivity contribution in [3.05, 3.63) is 65.7 Å². The van der Waals surface area contributed by atoms with Gasteiger partial charge in [-0.2, -0.15) is 5.11 Å². The molecular formula is C16H12ClN3O2. The monoisotopic (exact) mass is 313 g/mol. The molecule has 0 aliphatic heterocycles. The van der Waals surface area contributed by atoms with E-state index in [1.165, 1.54) is 4.57 Å². The van der Waals surface area contributed by atoms with Crippen molar-refractivity contribution in [3.8, 4) is 17.4 Å². The number of benzene rings is 2. The quantitative estimate of drug-likeness (QED) is 0.671. The molecule has 0 radical (unpaired) electrons. The van der Waals surface area contributed by atoms with Gasteiger partial charge < -0.3 is 10.2 Å². The number of azo groups is 1. The first-order chi connectivity index (χ1) is 10.7. The van der Waals surface area contributed by atoms with Crippen molar-refractivity contribution in [2.45, 2.75) is 0 Å². The highest BCUT2D eigenvalue weighted by Gasteiger charge is 2.22. The summed E-state index contributed by atoms with van der Waals surface area (Å²) in [5.74, 6) is -0.555. The zero-order chi connectivity index (χ0) is 15.5. The molecule has 3 rings (SSSR count). The minimum absolute atomic E-state index is 0.0203. The maximum absolute atomic E-state index is 10.3. The van der Waals surface area contributed by atoms with Crippen molar-refractivity contribution in [2.24, 2.45) is 10.2 Å². The van der Waals surface area contributed by atoms with Gasteiger partial charge in [-0.1, -0.05) is 48.0 Å². The molecule has 0 amide bonds. The van der Waals surface area contributed by atoms with Crippen molar-refractivity contribution >= 4 is 23.0 Å². The summed E-state index contributed by atoms with van der Waals surface area (Å²) in [5, 5.41) is 28.3. The predicted octanol–water partition coefficient (Wildman–Crippen LogP) is 4.96. The normalized spacial score (nSPS) is 11.1. The molecule has 0 aliphatic carbocycles. The van der Waals surface area contributed by atoms with E-state index >= 15 is 0 Å². The molecule has 0 spiro atoms. The van der Waals surface area contributed by atoms with Gasteiger partial charge in [0.15, 0.2) is 5.69 Å². The van der Waals surface area contributed by atoms with Gasteiger partial charge >= 0.3 is 0 Å². The second kappa shape index (κ2) is 5.91. The van der Waals surface area contributed by atoms with E-state index in [0.717, 1.165) is 0 Å². The van der Waals surface area contributed by atoms with Crippen LogP contribution in [0.15, 0.2) is 70.9 Å². The van der Waals surface area contributed by atoms with Gasteiger partial charge in [0.25, 0.3) is 0 Å². The third kappa shape index (κ3) is 2.54. The van der Waals surface area contributed by atoms with E-state index in [2.05, 4.69) is 10.2 Å². The van der Waals surface area contributed by atoms with Crippen LogP contribution in [0.2, 0.25) is 5.02 Å². The first-order valence-electron chi connectivity index (χ1n) is 6.53. The second-order valence-electron chi connectivity index (χ2n) is 4.52. The summed E-state index contributed by atoms with van der Waals surface area (Å²) in [4.78, 5) is 0. The van der Waals surface area contributed by atoms with Crippen LogP contribution in [0.1, 0.15) is 0 Å². The number of hydrogen-bond donors (Lipinski definition) is 2. The summed E-state index contributed by atoms with van der Waals surface area (Å²) in [6.45, 7) is 0. The zero-order valence-corrected chi connectivity index (χ0v) is 12.1. The molecule has 2 N–H and O–H groups in total. The molecule has 5 nitrogen and oxygen atoms in total. The predicted molar refractivity (Wildman–Crippen MR) is 84.7 cm³/mol. The molecule has 1 heterocycles. The lowest BCUT2D eigenvalue weighted by Crippen LogP contribution is -1.91. The SMILES string of the molecule is Oc1c(Cl)c(N=Nc2ccccc2)c(O)n1-c1ccccc1. The van der Waals surface area contributed by atoms with Gasteiger partial charge in [-0.3, -0.25) is 0 Å². The van der Waals surface area contributed by atoms with Gasteiger partial charge in [-0.25, -0.2) is 4.57 Å². The van der Waals surface area contributed by atoms with Crippen molar-refractivity contribution in [1.82, 2.24) is 4.57 Å². The Morgan fingerprint density at radius 2 is 1.36 bits per heavy atom. The number of nitrogens with zero attached hydrogens (tertiary/aromatic N) is 3. The molecule has 2 aromatic carbocycles. The molecule has 0 saturated carbocycles. The Morgan fingerprint density at radius 1 is 0.773 bits per heavy atom. The minimum atomic E-state index is -0.285. The van der Waals surface area contributed by atoms with Crippen LogP contribution in [-0.2, 0) is 0 Å². The molecule has 0 bridgehead atoms. The third-order valence-electron chi connectivity index (χ3n) is 3.08. The van der Waals surface area contributed by atoms with E-state index in [9.17, 15) is 10.2 Å². The average molecular weight is 314 g/mol. The smallest absolute Gasteiger partial charge is 0.228 e. The van der Waals surface area contributed by atoms with Crippen molar-refractivity contribution in [1.29, 1.82) is 0 Å². The molecule has 6 heteroatoms. The molecule has 0 atom stereocenters. The summed E-state index contributed by atoms with van der Waals surface area (Å²) < 4.78 is 1.21. The van der Waals surface area contributed by atoms with Crippen molar-refractivity contribution < 1.29 is 10.2 Å². The maximum Gasteiger partial charge on any atom is 0.228 e. The molecule has 1 aromatic heterocycles. The number of para-hydroxylation sites is 1. The van der Waals surface area contributed by atoms with E-state index in [1.54, 1.807) is 36.4 Å². The Labute approximate surface area is 131 Å². The second-order valence-corrected chi connectivity index (χ2v) is 4.89. The Hall–Kier alpha value is -2.79. The van der Waals surface area contributed by atoms with Crippen molar-refractivity contribution in [2.75, 3.05) is 0 Å². The highest BCUT2D eigenvalue weighted by Crippen LogP contribution is 2.46. The van der Waals surface area contributed by atoms with Gasteiger partial charge in [0.1, 0.15) is 5.02 Å². The molecule has 3 aromatic rings. The van der Waals surface area contributed by atoms with E-state index in [4.69, 9.17) is 11.6 Å². The van der Waals surface area contributed by atoms with Crippen LogP contribution in [0.25, 0.3) is 5.69 Å². The van der Waals surface area contributed by atoms with Crippen molar-refractivity contribution in [3.63, 3.8) is 0 Å². The largest absolute Gasteiger partial charge is 0.493 e. The van der Waals surface area contributed by atoms with Crippen LogP contribution in [0, 0.1) is 0 Å². The summed E-state index contributed by atoms with van der Waals surface area (Å²) in [5.41, 5.74) is 1.21. The van der Waals surface area contributed by atoms with E-state index in [1.807, 2.05) is 24.3 Å². The Bertz CT molecular complexity index is 814. The summed E-state index contributed by atoms with van der Waals surface area (Å²) >= 11 is 6.05. The van der Waals surface area contributed by atoms with Crippen LogP contribution in [0.5, 0.6) is 11.8 Å². The molecule has 0 aliphatic rings. The first-order valence-corrected chi connectivity index (χ1v) is 6.90. The van der Waals surface area contributed by atoms with Gasteiger partial charge in [0.2, 0.25) is 11.8 Å². The average Bonchev–Trinajstić information content (AvgIpc) is 2.77. The molecule has 110 valence electrons. The lowest BCUT2D eigenvalue weighted by atomic mass is 10.3. The summed E-state index contributed by atoms with van der Waals surface area (Å²) in [6.07, 6.45) is 0. The van der Waals surface area contributed by atoms with E-state index < -0.39 is 0 Å². The topological polar surface area (TPSA) is 70.1 Å². The third-order valence-corrected chi connectivity index (χ3v) is 3.42. The zero-order valence-electron chi connectivity index (χ0n) is 11.4. The number of hydrogen-bond acceptors (Lipinski definition) is 4. The lowest BCUT2D eigenvalue weighted by Gasteiger charge is -2.05. The van der Waals surface area contributed by atoms with Crippen LogP contribution in [-0.4, -0.2) is 14.8 Å². The fraction of sp³-hybridized carbons (Fsp3) is 0. The van der Waals surface area contributed by atoms with Gasteiger partial charge in [-0.15, -0.1) is 5.11 Å². The minimum Gasteiger partial charge on any atom is -0.493 e. The fourth-order valence-electron chi connectivity index (χ4n) is 2.02. The molecular weight excluding hydrogens is 302 g/mol. The van der Waals surface area contributed by atoms with Gasteiger partial charge in [-0.05, 0) is 24.3 Å². The maximum atomic E-state index is 10.3. The molecule has 22 heavy (non-hydrogen) atoms. The van der Waals surface area contributed by atoms with E-state index in [0.29, 0.717) is 11.4 Å². The highest BCUT2D eigenvalue weighted by atomic mass is 35.5. The highest BCUT2D eigenvalue weighted by molar-refractivity contribution is 6.34. The van der Waals surface area contributed by atoms with Gasteiger partial charge in [0, 0.05) is 0 Å². The summed E-state index contributed by atoms with van der Waals surface area (Å²) in [7, 11) is 0. The standard InChI is InChI=1S/C16H12ClN3O2/c17-13-14(19-18-11-7-3-1-4-8-11)16(22)20(15(13)21)12-9-5-2-6-10-12/h1-10,21-22H. The molecule has 0 unspecified atom stereocenters. The van der Waals surface area contributed by atoms with Crippen LogP contribution < -0.4 is 0 Å².